The van der Waals surface area contributed by atoms with Gasteiger partial charge in [0.2, 0.25) is 5.91 Å². The summed E-state index contributed by atoms with van der Waals surface area (Å²) in [5, 5.41) is 21.9. The second kappa shape index (κ2) is 4.88. The van der Waals surface area contributed by atoms with Gasteiger partial charge in [0, 0.05) is 0 Å². The first-order valence-electron chi connectivity index (χ1n) is 7.40. The van der Waals surface area contributed by atoms with E-state index in [1.54, 1.807) is 0 Å². The maximum absolute atomic E-state index is 12.6. The summed E-state index contributed by atoms with van der Waals surface area (Å²) < 4.78 is 0. The Bertz CT molecular complexity index is 453. The van der Waals surface area contributed by atoms with Gasteiger partial charge >= 0.3 is 5.97 Å². The largest absolute Gasteiger partial charge is 0.481 e. The van der Waals surface area contributed by atoms with Crippen LogP contribution in [0.25, 0.3) is 0 Å². The number of aliphatic hydroxyl groups is 1. The molecule has 0 saturated heterocycles. The fourth-order valence-electron chi connectivity index (χ4n) is 4.24. The molecule has 110 valence electrons. The zero-order valence-electron chi connectivity index (χ0n) is 11.4. The van der Waals surface area contributed by atoms with E-state index in [0.29, 0.717) is 0 Å². The van der Waals surface area contributed by atoms with Crippen molar-refractivity contribution in [2.75, 3.05) is 6.61 Å². The molecular formula is C15H21NO4. The van der Waals surface area contributed by atoms with Crippen LogP contribution in [0.2, 0.25) is 0 Å². The molecular weight excluding hydrogens is 258 g/mol. The van der Waals surface area contributed by atoms with Crippen LogP contribution in [0.5, 0.6) is 0 Å². The first kappa shape index (κ1) is 13.6. The van der Waals surface area contributed by atoms with Crippen LogP contribution in [-0.2, 0) is 9.59 Å². The minimum absolute atomic E-state index is 0.0121. The number of carbonyl (C=O) groups excluding carboxylic acids is 1. The van der Waals surface area contributed by atoms with E-state index >= 15 is 0 Å². The maximum atomic E-state index is 12.6. The number of carbonyl (C=O) groups is 2. The number of carboxylic acids is 1. The molecule has 3 aliphatic carbocycles. The van der Waals surface area contributed by atoms with Crippen LogP contribution in [0, 0.1) is 23.7 Å². The number of aliphatic carboxylic acids is 1. The van der Waals surface area contributed by atoms with Gasteiger partial charge in [-0.05, 0) is 31.1 Å². The second-order valence-corrected chi connectivity index (χ2v) is 6.47. The molecule has 4 atom stereocenters. The Morgan fingerprint density at radius 2 is 1.75 bits per heavy atom. The number of rotatable bonds is 4. The lowest BCUT2D eigenvalue weighted by atomic mass is 9.81. The van der Waals surface area contributed by atoms with Gasteiger partial charge in [0.05, 0.1) is 24.0 Å². The molecule has 2 fully saturated rings. The number of hydrogen-bond donors (Lipinski definition) is 3. The molecule has 0 aliphatic heterocycles. The minimum atomic E-state index is -0.883. The molecule has 0 aromatic carbocycles. The Morgan fingerprint density at radius 3 is 2.30 bits per heavy atom. The highest BCUT2D eigenvalue weighted by molar-refractivity contribution is 5.87. The zero-order chi connectivity index (χ0) is 14.3. The summed E-state index contributed by atoms with van der Waals surface area (Å²) in [7, 11) is 0. The third kappa shape index (κ3) is 2.04. The Morgan fingerprint density at radius 1 is 1.15 bits per heavy atom. The molecule has 3 rings (SSSR count). The van der Waals surface area contributed by atoms with Gasteiger partial charge in [-0.25, -0.2) is 0 Å². The van der Waals surface area contributed by atoms with Crippen molar-refractivity contribution in [3.8, 4) is 0 Å². The predicted molar refractivity (Wildman–Crippen MR) is 71.8 cm³/mol. The molecule has 2 bridgehead atoms. The van der Waals surface area contributed by atoms with E-state index in [-0.39, 0.29) is 24.3 Å². The number of carboxylic acid groups (broad SMARTS) is 1. The summed E-state index contributed by atoms with van der Waals surface area (Å²) in [6, 6.07) is 0. The summed E-state index contributed by atoms with van der Waals surface area (Å²) in [6.45, 7) is -0.0624. The van der Waals surface area contributed by atoms with Crippen molar-refractivity contribution in [2.45, 2.75) is 37.6 Å². The van der Waals surface area contributed by atoms with Gasteiger partial charge in [-0.2, -0.15) is 0 Å². The van der Waals surface area contributed by atoms with Crippen LogP contribution in [0.15, 0.2) is 12.2 Å². The highest BCUT2D eigenvalue weighted by Crippen LogP contribution is 2.48. The molecule has 2 saturated carbocycles. The molecule has 5 heteroatoms. The molecule has 0 heterocycles. The standard InChI is InChI=1S/C15H21NO4/c17-8-15(5-1-2-6-15)16-13(18)11-9-3-4-10(7-9)12(11)14(19)20/h3-4,9-12,17H,1-2,5-8H2,(H,16,18)(H,19,20)/t9?,10?,11-,12+/m0/s1. The number of allylic oxidation sites excluding steroid dienone is 2. The van der Waals surface area contributed by atoms with Gasteiger partial charge < -0.3 is 15.5 Å². The van der Waals surface area contributed by atoms with Crippen molar-refractivity contribution < 1.29 is 19.8 Å². The van der Waals surface area contributed by atoms with Crippen molar-refractivity contribution in [3.05, 3.63) is 12.2 Å². The molecule has 5 nitrogen and oxygen atoms in total. The average Bonchev–Trinajstić information content (AvgIpc) is 3.13. The fourth-order valence-corrected chi connectivity index (χ4v) is 4.24. The van der Waals surface area contributed by atoms with Crippen LogP contribution >= 0.6 is 0 Å². The summed E-state index contributed by atoms with van der Waals surface area (Å²) in [4.78, 5) is 24.0. The monoisotopic (exact) mass is 279 g/mol. The van der Waals surface area contributed by atoms with E-state index < -0.39 is 23.3 Å². The third-order valence-corrected chi connectivity index (χ3v) is 5.30. The lowest BCUT2D eigenvalue weighted by molar-refractivity contribution is -0.148. The van der Waals surface area contributed by atoms with Gasteiger partial charge in [0.1, 0.15) is 0 Å². The number of aliphatic hydroxyl groups excluding tert-OH is 1. The van der Waals surface area contributed by atoms with Gasteiger partial charge in [0.15, 0.2) is 0 Å². The lowest BCUT2D eigenvalue weighted by Crippen LogP contribution is -2.53. The molecule has 0 aromatic rings. The maximum Gasteiger partial charge on any atom is 0.307 e. The van der Waals surface area contributed by atoms with E-state index in [1.807, 2.05) is 12.2 Å². The van der Waals surface area contributed by atoms with Crippen LogP contribution in [0.1, 0.15) is 32.1 Å². The summed E-state index contributed by atoms with van der Waals surface area (Å²) in [5.41, 5.74) is -0.522. The predicted octanol–water partition coefficient (Wildman–Crippen LogP) is 0.931. The first-order chi connectivity index (χ1) is 9.56. The van der Waals surface area contributed by atoms with Crippen molar-refractivity contribution in [3.63, 3.8) is 0 Å². The number of hydrogen-bond acceptors (Lipinski definition) is 3. The third-order valence-electron chi connectivity index (χ3n) is 5.30. The molecule has 3 N–H and O–H groups in total. The van der Waals surface area contributed by atoms with Crippen molar-refractivity contribution in [1.29, 1.82) is 0 Å². The highest BCUT2D eigenvalue weighted by Gasteiger charge is 2.52. The Kier molecular flexibility index (Phi) is 3.32. The molecule has 2 unspecified atom stereocenters. The van der Waals surface area contributed by atoms with Gasteiger partial charge in [0.25, 0.3) is 0 Å². The Labute approximate surface area is 118 Å². The molecule has 0 spiro atoms. The molecule has 20 heavy (non-hydrogen) atoms. The van der Waals surface area contributed by atoms with Gasteiger partial charge in [-0.1, -0.05) is 25.0 Å². The van der Waals surface area contributed by atoms with Crippen LogP contribution in [-0.4, -0.2) is 34.2 Å². The summed E-state index contributed by atoms with van der Waals surface area (Å²) in [6.07, 6.45) is 8.24. The van der Waals surface area contributed by atoms with Crippen LogP contribution in [0.3, 0.4) is 0 Å². The first-order valence-corrected chi connectivity index (χ1v) is 7.40. The quantitative estimate of drug-likeness (QED) is 0.668. The molecule has 1 amide bonds. The van der Waals surface area contributed by atoms with E-state index in [9.17, 15) is 19.8 Å². The second-order valence-electron chi connectivity index (χ2n) is 6.47. The van der Waals surface area contributed by atoms with E-state index in [2.05, 4.69) is 5.32 Å². The molecule has 0 radical (unpaired) electrons. The number of amides is 1. The molecule has 0 aromatic heterocycles. The highest BCUT2D eigenvalue weighted by atomic mass is 16.4. The number of fused-ring (bicyclic) bond motifs is 2. The Balaban J connectivity index is 1.76. The van der Waals surface area contributed by atoms with Crippen LogP contribution in [0.4, 0.5) is 0 Å². The van der Waals surface area contributed by atoms with Crippen molar-refractivity contribution in [1.82, 2.24) is 5.32 Å². The average molecular weight is 279 g/mol. The summed E-state index contributed by atoms with van der Waals surface area (Å²) in [5.74, 6) is -2.13. The van der Waals surface area contributed by atoms with Gasteiger partial charge in [-0.15, -0.1) is 0 Å². The number of nitrogens with one attached hydrogen (secondary N) is 1. The van der Waals surface area contributed by atoms with E-state index in [1.165, 1.54) is 0 Å². The minimum Gasteiger partial charge on any atom is -0.481 e. The SMILES string of the molecule is O=C(O)[C@@H]1C2C=CC(C2)[C@@H]1C(=O)NC1(CO)CCCC1. The lowest BCUT2D eigenvalue weighted by Gasteiger charge is -2.32. The van der Waals surface area contributed by atoms with Crippen molar-refractivity contribution in [2.24, 2.45) is 23.7 Å². The van der Waals surface area contributed by atoms with Crippen LogP contribution < -0.4 is 5.32 Å². The zero-order valence-corrected chi connectivity index (χ0v) is 11.4. The van der Waals surface area contributed by atoms with Crippen molar-refractivity contribution >= 4 is 11.9 Å². The molecule has 3 aliphatic rings. The van der Waals surface area contributed by atoms with E-state index in [4.69, 9.17) is 0 Å². The fraction of sp³-hybridized carbons (Fsp3) is 0.733. The normalized spacial score (nSPS) is 37.2. The van der Waals surface area contributed by atoms with Gasteiger partial charge in [-0.3, -0.25) is 9.59 Å². The topological polar surface area (TPSA) is 86.6 Å². The van der Waals surface area contributed by atoms with E-state index in [0.717, 1.165) is 32.1 Å². The summed E-state index contributed by atoms with van der Waals surface area (Å²) >= 11 is 0. The Hall–Kier alpha value is -1.36. The smallest absolute Gasteiger partial charge is 0.307 e.